The summed E-state index contributed by atoms with van der Waals surface area (Å²) in [5.41, 5.74) is 6.80. The molecule has 0 radical (unpaired) electrons. The molecule has 0 fully saturated rings. The lowest BCUT2D eigenvalue weighted by Gasteiger charge is -2.04. The summed E-state index contributed by atoms with van der Waals surface area (Å²) < 4.78 is 5.47. The van der Waals surface area contributed by atoms with Crippen LogP contribution in [0.1, 0.15) is 22.9 Å². The Morgan fingerprint density at radius 3 is 2.71 bits per heavy atom. The molecule has 0 aliphatic carbocycles. The molecule has 0 spiro atoms. The van der Waals surface area contributed by atoms with E-state index in [1.807, 2.05) is 26.8 Å². The highest BCUT2D eigenvalue weighted by molar-refractivity contribution is 7.98. The lowest BCUT2D eigenvalue weighted by atomic mass is 10.3. The maximum atomic E-state index is 5.84. The third-order valence-corrected chi connectivity index (χ3v) is 3.57. The zero-order valence-electron chi connectivity index (χ0n) is 10.2. The molecule has 2 aromatic heterocycles. The molecule has 0 saturated heterocycles. The minimum atomic E-state index is 0.558. The van der Waals surface area contributed by atoms with E-state index in [1.165, 1.54) is 0 Å². The first-order valence-electron chi connectivity index (χ1n) is 5.34. The molecule has 0 amide bonds. The van der Waals surface area contributed by atoms with E-state index in [0.29, 0.717) is 11.6 Å². The van der Waals surface area contributed by atoms with E-state index in [4.69, 9.17) is 10.2 Å². The van der Waals surface area contributed by atoms with Crippen LogP contribution in [0.15, 0.2) is 21.6 Å². The third kappa shape index (κ3) is 2.79. The van der Waals surface area contributed by atoms with Crippen LogP contribution in [0.2, 0.25) is 0 Å². The third-order valence-electron chi connectivity index (χ3n) is 2.40. The molecule has 4 nitrogen and oxygen atoms in total. The fraction of sp³-hybridized carbons (Fsp3) is 0.333. The van der Waals surface area contributed by atoms with Gasteiger partial charge in [-0.3, -0.25) is 0 Å². The molecular formula is C12H15N3OS. The highest BCUT2D eigenvalue weighted by Crippen LogP contribution is 2.29. The van der Waals surface area contributed by atoms with Crippen LogP contribution in [0, 0.1) is 20.8 Å². The normalized spacial score (nSPS) is 10.8. The predicted molar refractivity (Wildman–Crippen MR) is 68.9 cm³/mol. The summed E-state index contributed by atoms with van der Waals surface area (Å²) in [7, 11) is 0. The number of anilines is 1. The zero-order valence-corrected chi connectivity index (χ0v) is 11.0. The Hall–Kier alpha value is -1.49. The molecule has 0 aromatic carbocycles. The number of furan rings is 1. The zero-order chi connectivity index (χ0) is 12.4. The van der Waals surface area contributed by atoms with Crippen LogP contribution in [0.4, 0.5) is 5.82 Å². The summed E-state index contributed by atoms with van der Waals surface area (Å²) >= 11 is 1.69. The van der Waals surface area contributed by atoms with Crippen molar-refractivity contribution in [3.05, 3.63) is 35.2 Å². The average molecular weight is 249 g/mol. The van der Waals surface area contributed by atoms with Crippen LogP contribution >= 0.6 is 11.8 Å². The highest BCUT2D eigenvalue weighted by atomic mass is 32.2. The Balaban J connectivity index is 2.10. The number of hydrogen-bond acceptors (Lipinski definition) is 5. The minimum Gasteiger partial charge on any atom is -0.465 e. The summed E-state index contributed by atoms with van der Waals surface area (Å²) in [6.07, 6.45) is 1.78. The van der Waals surface area contributed by atoms with E-state index in [-0.39, 0.29) is 0 Å². The Morgan fingerprint density at radius 2 is 2.12 bits per heavy atom. The van der Waals surface area contributed by atoms with Gasteiger partial charge in [0.1, 0.15) is 23.2 Å². The van der Waals surface area contributed by atoms with Gasteiger partial charge in [-0.1, -0.05) is 0 Å². The molecular weight excluding hydrogens is 234 g/mol. The molecule has 0 bridgehead atoms. The first-order chi connectivity index (χ1) is 8.06. The van der Waals surface area contributed by atoms with E-state index in [1.54, 1.807) is 18.0 Å². The standard InChI is InChI=1S/C12H15N3OS/c1-7-4-11(8(2)16-7)17-6-10-5-14-9(3)15-12(10)13/h4-5H,6H2,1-3H3,(H2,13,14,15). The molecule has 2 heterocycles. The molecule has 2 rings (SSSR count). The number of rotatable bonds is 3. The molecule has 2 N–H and O–H groups in total. The van der Waals surface area contributed by atoms with Gasteiger partial charge in [0.2, 0.25) is 0 Å². The molecule has 90 valence electrons. The van der Waals surface area contributed by atoms with Crippen molar-refractivity contribution in [3.8, 4) is 0 Å². The van der Waals surface area contributed by atoms with Crippen LogP contribution < -0.4 is 5.73 Å². The number of nitrogens with zero attached hydrogens (tertiary/aromatic N) is 2. The second kappa shape index (κ2) is 4.79. The lowest BCUT2D eigenvalue weighted by molar-refractivity contribution is 0.498. The second-order valence-corrected chi connectivity index (χ2v) is 4.91. The van der Waals surface area contributed by atoms with Crippen molar-refractivity contribution in [2.45, 2.75) is 31.4 Å². The number of thioether (sulfide) groups is 1. The Bertz CT molecular complexity index is 537. The van der Waals surface area contributed by atoms with Gasteiger partial charge in [-0.25, -0.2) is 9.97 Å². The van der Waals surface area contributed by atoms with Crippen LogP contribution in [-0.4, -0.2) is 9.97 Å². The molecule has 0 saturated carbocycles. The van der Waals surface area contributed by atoms with Crippen molar-refractivity contribution >= 4 is 17.6 Å². The Morgan fingerprint density at radius 1 is 1.35 bits per heavy atom. The van der Waals surface area contributed by atoms with Crippen LogP contribution in [0.3, 0.4) is 0 Å². The predicted octanol–water partition coefficient (Wildman–Crippen LogP) is 2.87. The van der Waals surface area contributed by atoms with Gasteiger partial charge in [0, 0.05) is 22.4 Å². The minimum absolute atomic E-state index is 0.558. The monoisotopic (exact) mass is 249 g/mol. The van der Waals surface area contributed by atoms with E-state index in [0.717, 1.165) is 27.7 Å². The van der Waals surface area contributed by atoms with Crippen LogP contribution in [0.25, 0.3) is 0 Å². The molecule has 5 heteroatoms. The topological polar surface area (TPSA) is 64.9 Å². The highest BCUT2D eigenvalue weighted by Gasteiger charge is 2.08. The molecule has 2 aromatic rings. The van der Waals surface area contributed by atoms with E-state index in [2.05, 4.69) is 9.97 Å². The summed E-state index contributed by atoms with van der Waals surface area (Å²) in [5.74, 6) is 3.89. The van der Waals surface area contributed by atoms with Gasteiger partial charge >= 0.3 is 0 Å². The second-order valence-electron chi connectivity index (χ2n) is 3.89. The average Bonchev–Trinajstić information content (AvgIpc) is 2.56. The Labute approximate surface area is 105 Å². The van der Waals surface area contributed by atoms with Crippen molar-refractivity contribution in [1.29, 1.82) is 0 Å². The van der Waals surface area contributed by atoms with Crippen LogP contribution in [-0.2, 0) is 5.75 Å². The SMILES string of the molecule is Cc1ncc(CSc2cc(C)oc2C)c(N)n1. The Kier molecular flexibility index (Phi) is 3.38. The smallest absolute Gasteiger partial charge is 0.131 e. The first kappa shape index (κ1) is 12.0. The van der Waals surface area contributed by atoms with Crippen LogP contribution in [0.5, 0.6) is 0 Å². The maximum absolute atomic E-state index is 5.84. The van der Waals surface area contributed by atoms with Gasteiger partial charge in [0.15, 0.2) is 0 Å². The van der Waals surface area contributed by atoms with Crippen molar-refractivity contribution in [1.82, 2.24) is 9.97 Å². The summed E-state index contributed by atoms with van der Waals surface area (Å²) in [6, 6.07) is 2.03. The fourth-order valence-electron chi connectivity index (χ4n) is 1.53. The van der Waals surface area contributed by atoms with Gasteiger partial charge in [0.05, 0.1) is 0 Å². The number of aryl methyl sites for hydroxylation is 3. The molecule has 0 aliphatic heterocycles. The number of hydrogen-bond donors (Lipinski definition) is 1. The number of nitrogens with two attached hydrogens (primary N) is 1. The number of nitrogen functional groups attached to an aromatic ring is 1. The van der Waals surface area contributed by atoms with Crippen molar-refractivity contribution in [2.75, 3.05) is 5.73 Å². The van der Waals surface area contributed by atoms with Crippen molar-refractivity contribution in [2.24, 2.45) is 0 Å². The molecule has 0 aliphatic rings. The first-order valence-corrected chi connectivity index (χ1v) is 6.32. The summed E-state index contributed by atoms with van der Waals surface area (Å²) in [4.78, 5) is 9.44. The largest absolute Gasteiger partial charge is 0.465 e. The molecule has 17 heavy (non-hydrogen) atoms. The van der Waals surface area contributed by atoms with Gasteiger partial charge in [0.25, 0.3) is 0 Å². The molecule has 0 unspecified atom stereocenters. The van der Waals surface area contributed by atoms with Gasteiger partial charge in [-0.2, -0.15) is 0 Å². The van der Waals surface area contributed by atoms with E-state index < -0.39 is 0 Å². The van der Waals surface area contributed by atoms with E-state index >= 15 is 0 Å². The van der Waals surface area contributed by atoms with Gasteiger partial charge in [-0.15, -0.1) is 11.8 Å². The van der Waals surface area contributed by atoms with E-state index in [9.17, 15) is 0 Å². The quantitative estimate of drug-likeness (QED) is 0.847. The van der Waals surface area contributed by atoms with Gasteiger partial charge < -0.3 is 10.2 Å². The lowest BCUT2D eigenvalue weighted by Crippen LogP contribution is -2.00. The maximum Gasteiger partial charge on any atom is 0.131 e. The summed E-state index contributed by atoms with van der Waals surface area (Å²) in [5, 5.41) is 0. The van der Waals surface area contributed by atoms with Crippen molar-refractivity contribution in [3.63, 3.8) is 0 Å². The molecule has 0 atom stereocenters. The number of aromatic nitrogens is 2. The van der Waals surface area contributed by atoms with Gasteiger partial charge in [-0.05, 0) is 26.8 Å². The van der Waals surface area contributed by atoms with Crippen molar-refractivity contribution < 1.29 is 4.42 Å². The summed E-state index contributed by atoms with van der Waals surface area (Å²) in [6.45, 7) is 5.74. The fourth-order valence-corrected chi connectivity index (χ4v) is 2.56.